The van der Waals surface area contributed by atoms with Crippen molar-refractivity contribution in [3.05, 3.63) is 49.0 Å². The van der Waals surface area contributed by atoms with Crippen LogP contribution in [0, 0.1) is 0 Å². The lowest BCUT2D eigenvalue weighted by atomic mass is 10.1. The molecule has 1 rings (SSSR count). The SMILES string of the molecule is C=C/C=C/CCC(O)c1ccco1. The maximum atomic E-state index is 9.56. The molecule has 2 nitrogen and oxygen atoms in total. The molecule has 0 radical (unpaired) electrons. The summed E-state index contributed by atoms with van der Waals surface area (Å²) in [4.78, 5) is 0. The van der Waals surface area contributed by atoms with Crippen LogP contribution in [-0.2, 0) is 0 Å². The molecule has 1 aromatic rings. The molecule has 0 amide bonds. The van der Waals surface area contributed by atoms with Crippen LogP contribution < -0.4 is 0 Å². The van der Waals surface area contributed by atoms with E-state index in [1.54, 1.807) is 24.5 Å². The van der Waals surface area contributed by atoms with Gasteiger partial charge in [-0.1, -0.05) is 24.8 Å². The number of hydrogen-bond acceptors (Lipinski definition) is 2. The van der Waals surface area contributed by atoms with Crippen LogP contribution in [-0.4, -0.2) is 5.11 Å². The molecule has 0 aliphatic carbocycles. The lowest BCUT2D eigenvalue weighted by molar-refractivity contribution is 0.141. The van der Waals surface area contributed by atoms with E-state index in [1.165, 1.54) is 0 Å². The van der Waals surface area contributed by atoms with Gasteiger partial charge in [-0.25, -0.2) is 0 Å². The van der Waals surface area contributed by atoms with Crippen molar-refractivity contribution in [3.8, 4) is 0 Å². The summed E-state index contributed by atoms with van der Waals surface area (Å²) >= 11 is 0. The lowest BCUT2D eigenvalue weighted by Gasteiger charge is -2.04. The topological polar surface area (TPSA) is 33.4 Å². The van der Waals surface area contributed by atoms with Crippen molar-refractivity contribution in [1.29, 1.82) is 0 Å². The van der Waals surface area contributed by atoms with Gasteiger partial charge in [0.05, 0.1) is 6.26 Å². The third-order valence-corrected chi connectivity index (χ3v) is 1.75. The molecule has 1 heterocycles. The Kier molecular flexibility index (Phi) is 4.06. The normalized spacial score (nSPS) is 13.3. The number of rotatable bonds is 5. The van der Waals surface area contributed by atoms with Gasteiger partial charge in [-0.3, -0.25) is 0 Å². The van der Waals surface area contributed by atoms with Gasteiger partial charge in [0.25, 0.3) is 0 Å². The molecule has 0 aromatic carbocycles. The van der Waals surface area contributed by atoms with Gasteiger partial charge in [0.2, 0.25) is 0 Å². The van der Waals surface area contributed by atoms with Crippen LogP contribution in [0.15, 0.2) is 47.6 Å². The van der Waals surface area contributed by atoms with Crippen LogP contribution >= 0.6 is 0 Å². The van der Waals surface area contributed by atoms with Gasteiger partial charge in [-0.2, -0.15) is 0 Å². The van der Waals surface area contributed by atoms with Gasteiger partial charge in [0, 0.05) is 0 Å². The Morgan fingerprint density at radius 3 is 3.08 bits per heavy atom. The molecular weight excluding hydrogens is 164 g/mol. The zero-order chi connectivity index (χ0) is 9.52. The number of furan rings is 1. The van der Waals surface area contributed by atoms with Crippen molar-refractivity contribution < 1.29 is 9.52 Å². The number of aliphatic hydroxyl groups is 1. The van der Waals surface area contributed by atoms with E-state index in [0.717, 1.165) is 6.42 Å². The predicted octanol–water partition coefficient (Wildman–Crippen LogP) is 2.84. The summed E-state index contributed by atoms with van der Waals surface area (Å²) in [5.74, 6) is 0.631. The summed E-state index contributed by atoms with van der Waals surface area (Å²) in [6.45, 7) is 3.56. The quantitative estimate of drug-likeness (QED) is 0.703. The Morgan fingerprint density at radius 1 is 1.62 bits per heavy atom. The van der Waals surface area contributed by atoms with E-state index in [4.69, 9.17) is 4.42 Å². The lowest BCUT2D eigenvalue weighted by Crippen LogP contribution is -1.93. The first-order chi connectivity index (χ1) is 6.34. The van der Waals surface area contributed by atoms with E-state index in [-0.39, 0.29) is 0 Å². The zero-order valence-corrected chi connectivity index (χ0v) is 7.52. The third kappa shape index (κ3) is 3.30. The molecule has 0 fully saturated rings. The largest absolute Gasteiger partial charge is 0.467 e. The van der Waals surface area contributed by atoms with Gasteiger partial charge in [-0.15, -0.1) is 0 Å². The molecular formula is C11H14O2. The summed E-state index contributed by atoms with van der Waals surface area (Å²) in [7, 11) is 0. The molecule has 0 aliphatic heterocycles. The predicted molar refractivity (Wildman–Crippen MR) is 52.2 cm³/mol. The number of allylic oxidation sites excluding steroid dienone is 3. The first-order valence-electron chi connectivity index (χ1n) is 4.33. The Labute approximate surface area is 78.2 Å². The Hall–Kier alpha value is -1.28. The van der Waals surface area contributed by atoms with Crippen molar-refractivity contribution in [2.45, 2.75) is 18.9 Å². The highest BCUT2D eigenvalue weighted by Crippen LogP contribution is 2.18. The zero-order valence-electron chi connectivity index (χ0n) is 7.52. The van der Waals surface area contributed by atoms with Crippen molar-refractivity contribution in [2.24, 2.45) is 0 Å². The fourth-order valence-electron chi connectivity index (χ4n) is 1.07. The van der Waals surface area contributed by atoms with E-state index < -0.39 is 6.10 Å². The molecule has 0 saturated carbocycles. The summed E-state index contributed by atoms with van der Waals surface area (Å²) in [6.07, 6.45) is 8.14. The van der Waals surface area contributed by atoms with Crippen molar-refractivity contribution in [1.82, 2.24) is 0 Å². The van der Waals surface area contributed by atoms with E-state index in [0.29, 0.717) is 12.2 Å². The van der Waals surface area contributed by atoms with E-state index >= 15 is 0 Å². The first-order valence-corrected chi connectivity index (χ1v) is 4.33. The monoisotopic (exact) mass is 178 g/mol. The highest BCUT2D eigenvalue weighted by molar-refractivity contribution is 5.03. The van der Waals surface area contributed by atoms with Crippen molar-refractivity contribution in [2.75, 3.05) is 0 Å². The molecule has 70 valence electrons. The first kappa shape index (κ1) is 9.81. The average Bonchev–Trinajstić information content (AvgIpc) is 2.65. The molecule has 1 atom stereocenters. The van der Waals surface area contributed by atoms with Gasteiger partial charge in [0.1, 0.15) is 11.9 Å². The highest BCUT2D eigenvalue weighted by atomic mass is 16.4. The van der Waals surface area contributed by atoms with Crippen LogP contribution in [0.4, 0.5) is 0 Å². The molecule has 1 unspecified atom stereocenters. The summed E-state index contributed by atoms with van der Waals surface area (Å²) in [6, 6.07) is 3.56. The summed E-state index contributed by atoms with van der Waals surface area (Å²) in [5.41, 5.74) is 0. The van der Waals surface area contributed by atoms with Gasteiger partial charge in [0.15, 0.2) is 0 Å². The minimum atomic E-state index is -0.496. The summed E-state index contributed by atoms with van der Waals surface area (Å²) < 4.78 is 5.06. The van der Waals surface area contributed by atoms with Crippen LogP contribution in [0.5, 0.6) is 0 Å². The number of hydrogen-bond donors (Lipinski definition) is 1. The second-order valence-corrected chi connectivity index (χ2v) is 2.77. The molecule has 1 N–H and O–H groups in total. The van der Waals surface area contributed by atoms with E-state index in [1.807, 2.05) is 12.2 Å². The summed E-state index contributed by atoms with van der Waals surface area (Å²) in [5, 5.41) is 9.56. The van der Waals surface area contributed by atoms with Gasteiger partial charge in [-0.05, 0) is 25.0 Å². The maximum absolute atomic E-state index is 9.56. The van der Waals surface area contributed by atoms with Gasteiger partial charge < -0.3 is 9.52 Å². The molecule has 13 heavy (non-hydrogen) atoms. The minimum Gasteiger partial charge on any atom is -0.467 e. The minimum absolute atomic E-state index is 0.496. The molecule has 0 saturated heterocycles. The molecule has 1 aromatic heterocycles. The second kappa shape index (κ2) is 5.38. The Bertz CT molecular complexity index is 260. The van der Waals surface area contributed by atoms with Crippen LogP contribution in [0.1, 0.15) is 24.7 Å². The Balaban J connectivity index is 2.30. The van der Waals surface area contributed by atoms with Crippen LogP contribution in [0.2, 0.25) is 0 Å². The van der Waals surface area contributed by atoms with Crippen LogP contribution in [0.25, 0.3) is 0 Å². The van der Waals surface area contributed by atoms with Gasteiger partial charge >= 0.3 is 0 Å². The highest BCUT2D eigenvalue weighted by Gasteiger charge is 2.07. The standard InChI is InChI=1S/C11H14O2/c1-2-3-4-5-7-10(12)11-8-6-9-13-11/h2-4,6,8-10,12H,1,5,7H2/b4-3+. The molecule has 2 heteroatoms. The fraction of sp³-hybridized carbons (Fsp3) is 0.273. The molecule has 0 aliphatic rings. The third-order valence-electron chi connectivity index (χ3n) is 1.75. The molecule has 0 spiro atoms. The average molecular weight is 178 g/mol. The molecule has 0 bridgehead atoms. The number of aliphatic hydroxyl groups excluding tert-OH is 1. The van der Waals surface area contributed by atoms with Crippen molar-refractivity contribution in [3.63, 3.8) is 0 Å². The smallest absolute Gasteiger partial charge is 0.132 e. The van der Waals surface area contributed by atoms with E-state index in [2.05, 4.69) is 6.58 Å². The maximum Gasteiger partial charge on any atom is 0.132 e. The second-order valence-electron chi connectivity index (χ2n) is 2.77. The van der Waals surface area contributed by atoms with Crippen LogP contribution in [0.3, 0.4) is 0 Å². The Morgan fingerprint density at radius 2 is 2.46 bits per heavy atom. The fourth-order valence-corrected chi connectivity index (χ4v) is 1.07. The van der Waals surface area contributed by atoms with E-state index in [9.17, 15) is 5.11 Å². The van der Waals surface area contributed by atoms with Crippen molar-refractivity contribution >= 4 is 0 Å².